The number of nitrogens with zero attached hydrogens (tertiary/aromatic N) is 3. The lowest BCUT2D eigenvalue weighted by atomic mass is 10.2. The molecule has 3 rings (SSSR count). The fourth-order valence-corrected chi connectivity index (χ4v) is 2.37. The van der Waals surface area contributed by atoms with Crippen molar-refractivity contribution in [3.8, 4) is 0 Å². The average Bonchev–Trinajstić information content (AvgIpc) is 2.69. The van der Waals surface area contributed by atoms with Crippen LogP contribution in [0.5, 0.6) is 0 Å². The number of anilines is 2. The second kappa shape index (κ2) is 4.90. The van der Waals surface area contributed by atoms with Crippen molar-refractivity contribution in [3.05, 3.63) is 46.3 Å². The first-order valence-electron chi connectivity index (χ1n) is 6.37. The van der Waals surface area contributed by atoms with Crippen LogP contribution in [0.4, 0.5) is 11.5 Å². The van der Waals surface area contributed by atoms with Gasteiger partial charge in [0, 0.05) is 23.4 Å². The summed E-state index contributed by atoms with van der Waals surface area (Å²) in [7, 11) is 2.03. The molecule has 102 valence electrons. The predicted octanol–water partition coefficient (Wildman–Crippen LogP) is 4.09. The van der Waals surface area contributed by atoms with Gasteiger partial charge < -0.3 is 9.88 Å². The maximum Gasteiger partial charge on any atom is 0.130 e. The molecule has 0 saturated carbocycles. The zero-order chi connectivity index (χ0) is 14.3. The maximum absolute atomic E-state index is 4.54. The van der Waals surface area contributed by atoms with Crippen molar-refractivity contribution in [1.29, 1.82) is 0 Å². The van der Waals surface area contributed by atoms with Crippen LogP contribution >= 0.6 is 15.9 Å². The highest BCUT2D eigenvalue weighted by atomic mass is 79.9. The van der Waals surface area contributed by atoms with Crippen molar-refractivity contribution in [2.24, 2.45) is 7.05 Å². The Hall–Kier alpha value is -1.88. The monoisotopic (exact) mass is 330 g/mol. The number of fused-ring (bicyclic) bond motifs is 1. The standard InChI is InChI=1S/C15H15BrN4/c1-9-6-15(17-8-12(9)16)19-11-4-5-14-13(7-11)18-10(2)20(14)3/h4-8H,1-3H3,(H,17,19). The number of imidazole rings is 1. The van der Waals surface area contributed by atoms with E-state index < -0.39 is 0 Å². The predicted molar refractivity (Wildman–Crippen MR) is 85.4 cm³/mol. The van der Waals surface area contributed by atoms with Crippen LogP contribution in [0.15, 0.2) is 34.9 Å². The fraction of sp³-hybridized carbons (Fsp3) is 0.200. The van der Waals surface area contributed by atoms with Gasteiger partial charge in [-0.05, 0) is 59.6 Å². The summed E-state index contributed by atoms with van der Waals surface area (Å²) in [5.41, 5.74) is 4.26. The van der Waals surface area contributed by atoms with Crippen molar-refractivity contribution in [2.75, 3.05) is 5.32 Å². The summed E-state index contributed by atoms with van der Waals surface area (Å²) >= 11 is 3.46. The third kappa shape index (κ3) is 2.29. The lowest BCUT2D eigenvalue weighted by molar-refractivity contribution is 0.886. The average molecular weight is 331 g/mol. The summed E-state index contributed by atoms with van der Waals surface area (Å²) < 4.78 is 3.10. The molecule has 0 spiro atoms. The van der Waals surface area contributed by atoms with Gasteiger partial charge in [0.2, 0.25) is 0 Å². The molecule has 0 aliphatic rings. The molecule has 0 aliphatic heterocycles. The van der Waals surface area contributed by atoms with E-state index in [1.165, 1.54) is 0 Å². The normalized spacial score (nSPS) is 11.0. The van der Waals surface area contributed by atoms with Crippen LogP contribution in [-0.4, -0.2) is 14.5 Å². The Morgan fingerprint density at radius 3 is 2.75 bits per heavy atom. The van der Waals surface area contributed by atoms with Crippen LogP contribution in [0.2, 0.25) is 0 Å². The topological polar surface area (TPSA) is 42.7 Å². The molecular formula is C15H15BrN4. The van der Waals surface area contributed by atoms with Gasteiger partial charge in [0.15, 0.2) is 0 Å². The molecule has 1 N–H and O–H groups in total. The van der Waals surface area contributed by atoms with Crippen molar-refractivity contribution in [3.63, 3.8) is 0 Å². The van der Waals surface area contributed by atoms with E-state index in [2.05, 4.69) is 41.8 Å². The Kier molecular flexibility index (Phi) is 3.22. The minimum absolute atomic E-state index is 0.831. The minimum atomic E-state index is 0.831. The number of rotatable bonds is 2. The highest BCUT2D eigenvalue weighted by Crippen LogP contribution is 2.23. The van der Waals surface area contributed by atoms with Gasteiger partial charge in [0.1, 0.15) is 11.6 Å². The van der Waals surface area contributed by atoms with Crippen molar-refractivity contribution in [1.82, 2.24) is 14.5 Å². The molecule has 0 atom stereocenters. The number of hydrogen-bond donors (Lipinski definition) is 1. The van der Waals surface area contributed by atoms with Crippen molar-refractivity contribution < 1.29 is 0 Å². The lowest BCUT2D eigenvalue weighted by Gasteiger charge is -2.07. The van der Waals surface area contributed by atoms with Crippen LogP contribution in [-0.2, 0) is 7.05 Å². The molecule has 2 aromatic heterocycles. The maximum atomic E-state index is 4.54. The molecule has 5 heteroatoms. The smallest absolute Gasteiger partial charge is 0.130 e. The van der Waals surface area contributed by atoms with E-state index >= 15 is 0 Å². The van der Waals surface area contributed by atoms with Gasteiger partial charge in [-0.25, -0.2) is 9.97 Å². The van der Waals surface area contributed by atoms with Crippen LogP contribution in [0, 0.1) is 13.8 Å². The summed E-state index contributed by atoms with van der Waals surface area (Å²) in [5, 5.41) is 3.31. The molecule has 4 nitrogen and oxygen atoms in total. The zero-order valence-corrected chi connectivity index (χ0v) is 13.2. The summed E-state index contributed by atoms with van der Waals surface area (Å²) in [6, 6.07) is 8.17. The summed E-state index contributed by atoms with van der Waals surface area (Å²) in [6.45, 7) is 4.05. The number of hydrogen-bond acceptors (Lipinski definition) is 3. The first kappa shape index (κ1) is 13.1. The Labute approximate surface area is 126 Å². The molecule has 3 aromatic rings. The van der Waals surface area contributed by atoms with Crippen LogP contribution in [0.25, 0.3) is 11.0 Å². The first-order valence-corrected chi connectivity index (χ1v) is 7.16. The van der Waals surface area contributed by atoms with Crippen LogP contribution in [0.3, 0.4) is 0 Å². The van der Waals surface area contributed by atoms with Gasteiger partial charge in [-0.1, -0.05) is 0 Å². The van der Waals surface area contributed by atoms with E-state index in [1.807, 2.05) is 39.1 Å². The molecule has 0 fully saturated rings. The zero-order valence-electron chi connectivity index (χ0n) is 11.6. The quantitative estimate of drug-likeness (QED) is 0.769. The fourth-order valence-electron chi connectivity index (χ4n) is 2.15. The Bertz CT molecular complexity index is 792. The first-order chi connectivity index (χ1) is 9.54. The van der Waals surface area contributed by atoms with Crippen molar-refractivity contribution in [2.45, 2.75) is 13.8 Å². The van der Waals surface area contributed by atoms with Gasteiger partial charge in [-0.15, -0.1) is 0 Å². The third-order valence-electron chi connectivity index (χ3n) is 3.42. The highest BCUT2D eigenvalue weighted by Gasteiger charge is 2.05. The second-order valence-electron chi connectivity index (χ2n) is 4.87. The van der Waals surface area contributed by atoms with Gasteiger partial charge in [0.05, 0.1) is 11.0 Å². The van der Waals surface area contributed by atoms with E-state index in [1.54, 1.807) is 6.20 Å². The summed E-state index contributed by atoms with van der Waals surface area (Å²) in [4.78, 5) is 8.90. The largest absolute Gasteiger partial charge is 0.340 e. The highest BCUT2D eigenvalue weighted by molar-refractivity contribution is 9.10. The Balaban J connectivity index is 1.96. The summed E-state index contributed by atoms with van der Waals surface area (Å²) in [5.74, 6) is 1.84. The number of halogens is 1. The molecule has 0 amide bonds. The number of aryl methyl sites for hydroxylation is 3. The molecule has 0 unspecified atom stereocenters. The van der Waals surface area contributed by atoms with E-state index in [-0.39, 0.29) is 0 Å². The van der Waals surface area contributed by atoms with E-state index in [9.17, 15) is 0 Å². The number of pyridine rings is 1. The third-order valence-corrected chi connectivity index (χ3v) is 4.25. The number of nitrogens with one attached hydrogen (secondary N) is 1. The van der Waals surface area contributed by atoms with Gasteiger partial charge >= 0.3 is 0 Å². The number of benzene rings is 1. The second-order valence-corrected chi connectivity index (χ2v) is 5.72. The minimum Gasteiger partial charge on any atom is -0.340 e. The molecule has 2 heterocycles. The molecule has 0 radical (unpaired) electrons. The Morgan fingerprint density at radius 2 is 2.00 bits per heavy atom. The summed E-state index contributed by atoms with van der Waals surface area (Å²) in [6.07, 6.45) is 1.81. The molecule has 0 bridgehead atoms. The van der Waals surface area contributed by atoms with E-state index in [0.717, 1.165) is 38.4 Å². The van der Waals surface area contributed by atoms with E-state index in [0.29, 0.717) is 0 Å². The van der Waals surface area contributed by atoms with Crippen LogP contribution in [0.1, 0.15) is 11.4 Å². The van der Waals surface area contributed by atoms with Gasteiger partial charge in [0.25, 0.3) is 0 Å². The van der Waals surface area contributed by atoms with Crippen LogP contribution < -0.4 is 5.32 Å². The molecule has 20 heavy (non-hydrogen) atoms. The SMILES string of the molecule is Cc1cc(Nc2ccc3c(c2)nc(C)n3C)ncc1Br. The number of aromatic nitrogens is 3. The van der Waals surface area contributed by atoms with Gasteiger partial charge in [-0.2, -0.15) is 0 Å². The van der Waals surface area contributed by atoms with Gasteiger partial charge in [-0.3, -0.25) is 0 Å². The molecular weight excluding hydrogens is 316 g/mol. The molecule has 0 saturated heterocycles. The van der Waals surface area contributed by atoms with Crippen molar-refractivity contribution >= 4 is 38.5 Å². The lowest BCUT2D eigenvalue weighted by Crippen LogP contribution is -1.94. The molecule has 0 aliphatic carbocycles. The van der Waals surface area contributed by atoms with E-state index in [4.69, 9.17) is 0 Å². The molecule has 1 aromatic carbocycles. The Morgan fingerprint density at radius 1 is 1.20 bits per heavy atom.